The molecule has 0 aromatic rings. The average Bonchev–Trinajstić information content (AvgIpc) is 2.04. The summed E-state index contributed by atoms with van der Waals surface area (Å²) in [4.78, 5) is 2.19. The molecule has 3 heteroatoms. The lowest BCUT2D eigenvalue weighted by Crippen LogP contribution is -2.46. The Morgan fingerprint density at radius 3 is 2.33 bits per heavy atom. The largest absolute Gasteiger partial charge is 0.394 e. The number of nitrogens with zero attached hydrogens (tertiary/aromatic N) is 1. The molecule has 0 heterocycles. The van der Waals surface area contributed by atoms with Crippen LogP contribution in [0.5, 0.6) is 0 Å². The Kier molecular flexibility index (Phi) is 5.37. The van der Waals surface area contributed by atoms with Crippen LogP contribution >= 0.6 is 15.9 Å². The lowest BCUT2D eigenvalue weighted by molar-refractivity contribution is 0.0708. The first-order valence-corrected chi connectivity index (χ1v) is 5.44. The maximum absolute atomic E-state index is 9.10. The second-order valence-electron chi connectivity index (χ2n) is 4.11. The highest BCUT2D eigenvalue weighted by molar-refractivity contribution is 9.09. The van der Waals surface area contributed by atoms with E-state index >= 15 is 0 Å². The Bertz CT molecular complexity index is 128. The van der Waals surface area contributed by atoms with Crippen molar-refractivity contribution in [2.24, 2.45) is 5.92 Å². The van der Waals surface area contributed by atoms with E-state index in [0.29, 0.717) is 5.92 Å². The van der Waals surface area contributed by atoms with E-state index in [9.17, 15) is 0 Å². The van der Waals surface area contributed by atoms with Gasteiger partial charge >= 0.3 is 0 Å². The van der Waals surface area contributed by atoms with E-state index in [0.717, 1.165) is 11.9 Å². The van der Waals surface area contributed by atoms with Crippen LogP contribution < -0.4 is 0 Å². The fourth-order valence-electron chi connectivity index (χ4n) is 0.884. The third kappa shape index (κ3) is 3.87. The zero-order valence-corrected chi connectivity index (χ0v) is 10.1. The first-order chi connectivity index (χ1) is 5.44. The molecular weight excluding hydrogens is 218 g/mol. The van der Waals surface area contributed by atoms with Crippen molar-refractivity contribution in [2.45, 2.75) is 26.3 Å². The summed E-state index contributed by atoms with van der Waals surface area (Å²) in [7, 11) is 2.05. The minimum absolute atomic E-state index is 0.101. The maximum atomic E-state index is 9.10. The van der Waals surface area contributed by atoms with Crippen molar-refractivity contribution in [3.8, 4) is 0 Å². The summed E-state index contributed by atoms with van der Waals surface area (Å²) >= 11 is 3.44. The summed E-state index contributed by atoms with van der Waals surface area (Å²) < 4.78 is 0. The Balaban J connectivity index is 3.93. The normalized spacial score (nSPS) is 15.2. The molecule has 0 spiro atoms. The lowest BCUT2D eigenvalue weighted by atomic mass is 10.0. The smallest absolute Gasteiger partial charge is 0.0609 e. The van der Waals surface area contributed by atoms with Gasteiger partial charge in [-0.25, -0.2) is 0 Å². The van der Waals surface area contributed by atoms with Crippen LogP contribution in [0.15, 0.2) is 0 Å². The number of aliphatic hydroxyl groups is 1. The minimum atomic E-state index is -0.101. The highest BCUT2D eigenvalue weighted by Gasteiger charge is 2.23. The van der Waals surface area contributed by atoms with E-state index in [1.807, 2.05) is 13.8 Å². The fourth-order valence-corrected chi connectivity index (χ4v) is 1.09. The summed E-state index contributed by atoms with van der Waals surface area (Å²) in [6.07, 6.45) is 0. The molecule has 0 aromatic heterocycles. The monoisotopic (exact) mass is 237 g/mol. The van der Waals surface area contributed by atoms with Crippen LogP contribution in [-0.4, -0.2) is 41.1 Å². The van der Waals surface area contributed by atoms with Gasteiger partial charge in [0.25, 0.3) is 0 Å². The molecule has 1 atom stereocenters. The summed E-state index contributed by atoms with van der Waals surface area (Å²) in [5.41, 5.74) is -0.101. The summed E-state index contributed by atoms with van der Waals surface area (Å²) in [5.74, 6) is 0.626. The SMILES string of the molecule is CC(CBr)CN(C)C(C)(C)CO. The van der Waals surface area contributed by atoms with E-state index < -0.39 is 0 Å². The van der Waals surface area contributed by atoms with Crippen molar-refractivity contribution in [1.82, 2.24) is 4.90 Å². The summed E-state index contributed by atoms with van der Waals surface area (Å²) in [6.45, 7) is 7.51. The molecule has 0 radical (unpaired) electrons. The van der Waals surface area contributed by atoms with Crippen molar-refractivity contribution >= 4 is 15.9 Å². The number of rotatable bonds is 5. The van der Waals surface area contributed by atoms with Crippen molar-refractivity contribution in [1.29, 1.82) is 0 Å². The van der Waals surface area contributed by atoms with Gasteiger partial charge in [0, 0.05) is 17.4 Å². The standard InChI is InChI=1S/C9H20BrNO/c1-8(5-10)6-11(4)9(2,3)7-12/h8,12H,5-7H2,1-4H3. The summed E-state index contributed by atoms with van der Waals surface area (Å²) in [6, 6.07) is 0. The highest BCUT2D eigenvalue weighted by atomic mass is 79.9. The molecule has 0 rings (SSSR count). The van der Waals surface area contributed by atoms with Crippen molar-refractivity contribution in [3.63, 3.8) is 0 Å². The van der Waals surface area contributed by atoms with Crippen LogP contribution in [0.1, 0.15) is 20.8 Å². The molecule has 74 valence electrons. The zero-order chi connectivity index (χ0) is 9.78. The van der Waals surface area contributed by atoms with E-state index in [1.165, 1.54) is 0 Å². The maximum Gasteiger partial charge on any atom is 0.0609 e. The van der Waals surface area contributed by atoms with Crippen LogP contribution in [-0.2, 0) is 0 Å². The number of hydrogen-bond donors (Lipinski definition) is 1. The van der Waals surface area contributed by atoms with E-state index in [-0.39, 0.29) is 12.1 Å². The van der Waals surface area contributed by atoms with Crippen molar-refractivity contribution in [2.75, 3.05) is 25.5 Å². The fraction of sp³-hybridized carbons (Fsp3) is 1.00. The van der Waals surface area contributed by atoms with E-state index in [4.69, 9.17) is 5.11 Å². The molecule has 0 bridgehead atoms. The molecule has 0 saturated carbocycles. The molecule has 0 aliphatic heterocycles. The van der Waals surface area contributed by atoms with Gasteiger partial charge in [0.05, 0.1) is 6.61 Å². The van der Waals surface area contributed by atoms with Gasteiger partial charge in [-0.1, -0.05) is 22.9 Å². The topological polar surface area (TPSA) is 23.5 Å². The average molecular weight is 238 g/mol. The number of alkyl halides is 1. The predicted molar refractivity (Wildman–Crippen MR) is 56.8 cm³/mol. The molecule has 0 aliphatic rings. The van der Waals surface area contributed by atoms with E-state index in [2.05, 4.69) is 34.8 Å². The Morgan fingerprint density at radius 1 is 1.50 bits per heavy atom. The van der Waals surface area contributed by atoms with E-state index in [1.54, 1.807) is 0 Å². The van der Waals surface area contributed by atoms with Gasteiger partial charge in [0.1, 0.15) is 0 Å². The zero-order valence-electron chi connectivity index (χ0n) is 8.47. The quantitative estimate of drug-likeness (QED) is 0.737. The summed E-state index contributed by atoms with van der Waals surface area (Å²) in [5, 5.41) is 10.1. The number of hydrogen-bond acceptors (Lipinski definition) is 2. The van der Waals surface area contributed by atoms with Gasteiger partial charge in [0.15, 0.2) is 0 Å². The van der Waals surface area contributed by atoms with Gasteiger partial charge in [-0.3, -0.25) is 4.90 Å². The van der Waals surface area contributed by atoms with Gasteiger partial charge in [-0.2, -0.15) is 0 Å². The number of aliphatic hydroxyl groups excluding tert-OH is 1. The Hall–Kier alpha value is 0.400. The predicted octanol–water partition coefficient (Wildman–Crippen LogP) is 1.72. The molecule has 0 saturated heterocycles. The molecule has 1 N–H and O–H groups in total. The molecule has 2 nitrogen and oxygen atoms in total. The molecule has 12 heavy (non-hydrogen) atoms. The van der Waals surface area contributed by atoms with Crippen LogP contribution in [0.3, 0.4) is 0 Å². The first-order valence-electron chi connectivity index (χ1n) is 4.32. The number of likely N-dealkylation sites (N-methyl/N-ethyl adjacent to an activating group) is 1. The van der Waals surface area contributed by atoms with Crippen LogP contribution in [0.4, 0.5) is 0 Å². The molecule has 1 unspecified atom stereocenters. The van der Waals surface area contributed by atoms with Gasteiger partial charge in [-0.15, -0.1) is 0 Å². The van der Waals surface area contributed by atoms with Crippen LogP contribution in [0.2, 0.25) is 0 Å². The Morgan fingerprint density at radius 2 is 2.00 bits per heavy atom. The lowest BCUT2D eigenvalue weighted by Gasteiger charge is -2.35. The molecular formula is C9H20BrNO. The van der Waals surface area contributed by atoms with Crippen molar-refractivity contribution < 1.29 is 5.11 Å². The Labute approximate surface area is 84.1 Å². The molecule has 0 amide bonds. The van der Waals surface area contributed by atoms with Gasteiger partial charge < -0.3 is 5.11 Å². The van der Waals surface area contributed by atoms with Crippen LogP contribution in [0.25, 0.3) is 0 Å². The minimum Gasteiger partial charge on any atom is -0.394 e. The first kappa shape index (κ1) is 12.4. The second kappa shape index (κ2) is 5.20. The van der Waals surface area contributed by atoms with Gasteiger partial charge in [-0.05, 0) is 26.8 Å². The van der Waals surface area contributed by atoms with Gasteiger partial charge in [0.2, 0.25) is 0 Å². The number of halogens is 1. The highest BCUT2D eigenvalue weighted by Crippen LogP contribution is 2.13. The second-order valence-corrected chi connectivity index (χ2v) is 4.76. The molecule has 0 fully saturated rings. The molecule has 0 aromatic carbocycles. The van der Waals surface area contributed by atoms with Crippen LogP contribution in [0, 0.1) is 5.92 Å². The van der Waals surface area contributed by atoms with Crippen molar-refractivity contribution in [3.05, 3.63) is 0 Å². The third-order valence-electron chi connectivity index (χ3n) is 2.27. The third-order valence-corrected chi connectivity index (χ3v) is 3.37. The molecule has 0 aliphatic carbocycles.